The van der Waals surface area contributed by atoms with Gasteiger partial charge in [0.25, 0.3) is 0 Å². The summed E-state index contributed by atoms with van der Waals surface area (Å²) in [6.07, 6.45) is 84.1. The zero-order valence-corrected chi connectivity index (χ0v) is 48.3. The average molecular weight is 1030 g/mol. The van der Waals surface area contributed by atoms with Gasteiger partial charge in [0.1, 0.15) is 13.2 Å². The van der Waals surface area contributed by atoms with Gasteiger partial charge in [-0.15, -0.1) is 0 Å². The van der Waals surface area contributed by atoms with Gasteiger partial charge in [-0.1, -0.05) is 284 Å². The number of allylic oxidation sites excluding steroid dienone is 18. The molecule has 0 aliphatic carbocycles. The van der Waals surface area contributed by atoms with Gasteiger partial charge >= 0.3 is 17.9 Å². The van der Waals surface area contributed by atoms with Crippen molar-refractivity contribution in [1.82, 2.24) is 0 Å². The summed E-state index contributed by atoms with van der Waals surface area (Å²) < 4.78 is 16.8. The van der Waals surface area contributed by atoms with Crippen LogP contribution in [0.3, 0.4) is 0 Å². The Kier molecular flexibility index (Phi) is 58.3. The molecule has 0 saturated carbocycles. The molecule has 0 aromatic rings. The number of carbonyl (C=O) groups excluding carboxylic acids is 3. The van der Waals surface area contributed by atoms with Gasteiger partial charge in [-0.25, -0.2) is 0 Å². The maximum atomic E-state index is 12.8. The van der Waals surface area contributed by atoms with E-state index in [2.05, 4.69) is 130 Å². The lowest BCUT2D eigenvalue weighted by Crippen LogP contribution is -2.30. The van der Waals surface area contributed by atoms with Gasteiger partial charge in [0, 0.05) is 19.3 Å². The minimum atomic E-state index is -0.777. The highest BCUT2D eigenvalue weighted by Gasteiger charge is 2.19. The van der Waals surface area contributed by atoms with Crippen molar-refractivity contribution >= 4 is 17.9 Å². The molecule has 6 heteroatoms. The summed E-state index contributed by atoms with van der Waals surface area (Å²) in [6.45, 7) is 6.47. The SMILES string of the molecule is CC/C=C\C/C=C\C/C=C\C/C=C\C/C=C\C/C=C\C/C=C\C/C=C\C/C=C\CCCCCCCCCC(=O)OCC(COC(=O)CCCCCCCC)OC(=O)CCCCCCCCCCCCCCCCC. The molecular weight excluding hydrogens is 913 g/mol. The second-order valence-corrected chi connectivity index (χ2v) is 20.2. The van der Waals surface area contributed by atoms with Crippen LogP contribution in [-0.2, 0) is 28.6 Å². The first-order valence-electron chi connectivity index (χ1n) is 30.9. The zero-order valence-electron chi connectivity index (χ0n) is 48.3. The van der Waals surface area contributed by atoms with E-state index in [1.54, 1.807) is 0 Å². The Labute approximate surface area is 457 Å². The van der Waals surface area contributed by atoms with E-state index in [0.717, 1.165) is 122 Å². The van der Waals surface area contributed by atoms with Gasteiger partial charge in [0.05, 0.1) is 0 Å². The number of ether oxygens (including phenoxy) is 3. The molecule has 0 aliphatic heterocycles. The molecule has 0 fully saturated rings. The van der Waals surface area contributed by atoms with Gasteiger partial charge in [-0.05, 0) is 89.9 Å². The fourth-order valence-corrected chi connectivity index (χ4v) is 8.44. The molecule has 1 unspecified atom stereocenters. The van der Waals surface area contributed by atoms with Crippen LogP contribution in [0.4, 0.5) is 0 Å². The van der Waals surface area contributed by atoms with Crippen LogP contribution >= 0.6 is 0 Å². The van der Waals surface area contributed by atoms with E-state index in [-0.39, 0.29) is 31.1 Å². The summed E-state index contributed by atoms with van der Waals surface area (Å²) in [5.41, 5.74) is 0. The van der Waals surface area contributed by atoms with E-state index in [4.69, 9.17) is 14.2 Å². The number of hydrogen-bond acceptors (Lipinski definition) is 6. The zero-order chi connectivity index (χ0) is 53.6. The van der Waals surface area contributed by atoms with Crippen LogP contribution in [0.25, 0.3) is 0 Å². The standard InChI is InChI=1S/C68H114O6/c1-4-7-10-13-16-18-20-22-24-25-26-27-28-29-30-31-32-33-34-35-36-37-38-39-40-41-42-43-45-46-48-50-52-55-58-61-67(70)73-64-65(63-72-66(69)60-57-54-15-12-9-6-3)74-68(71)62-59-56-53-51-49-47-44-23-21-19-17-14-11-8-5-2/h7,10,16,18,22,24,26-27,29-30,32-33,35-36,38-39,41-42,65H,4-6,8-9,11-15,17,19-21,23,25,28,31,34,37,40,43-64H2,1-3H3/b10-7-,18-16-,24-22-,27-26-,30-29-,33-32-,36-35-,39-38-,42-41-. The fourth-order valence-electron chi connectivity index (χ4n) is 8.44. The lowest BCUT2D eigenvalue weighted by molar-refractivity contribution is -0.167. The second kappa shape index (κ2) is 61.6. The molecule has 0 aromatic carbocycles. The molecule has 422 valence electrons. The maximum Gasteiger partial charge on any atom is 0.306 e. The number of carbonyl (C=O) groups is 3. The topological polar surface area (TPSA) is 78.9 Å². The van der Waals surface area contributed by atoms with E-state index >= 15 is 0 Å². The predicted octanol–water partition coefficient (Wildman–Crippen LogP) is 21.0. The molecule has 0 spiro atoms. The van der Waals surface area contributed by atoms with Crippen LogP contribution in [0.5, 0.6) is 0 Å². The van der Waals surface area contributed by atoms with Crippen LogP contribution in [-0.4, -0.2) is 37.2 Å². The molecular formula is C68H114O6. The average Bonchev–Trinajstić information content (AvgIpc) is 3.40. The Morgan fingerprint density at radius 3 is 0.824 bits per heavy atom. The Morgan fingerprint density at radius 1 is 0.284 bits per heavy atom. The van der Waals surface area contributed by atoms with Gasteiger partial charge in [0.2, 0.25) is 0 Å². The van der Waals surface area contributed by atoms with Crippen LogP contribution in [0.2, 0.25) is 0 Å². The summed E-state index contributed by atoms with van der Waals surface area (Å²) in [6, 6.07) is 0. The molecule has 0 saturated heterocycles. The molecule has 0 bridgehead atoms. The first kappa shape index (κ1) is 70.1. The number of rotatable bonds is 55. The van der Waals surface area contributed by atoms with E-state index in [9.17, 15) is 14.4 Å². The minimum Gasteiger partial charge on any atom is -0.462 e. The summed E-state index contributed by atoms with van der Waals surface area (Å²) in [5, 5.41) is 0. The third-order valence-electron chi connectivity index (χ3n) is 13.0. The van der Waals surface area contributed by atoms with E-state index in [0.29, 0.717) is 19.3 Å². The third kappa shape index (κ3) is 59.0. The minimum absolute atomic E-state index is 0.0789. The molecule has 0 rings (SSSR count). The van der Waals surface area contributed by atoms with Crippen LogP contribution < -0.4 is 0 Å². The van der Waals surface area contributed by atoms with Gasteiger partial charge in [-0.3, -0.25) is 14.4 Å². The number of esters is 3. The smallest absolute Gasteiger partial charge is 0.306 e. The van der Waals surface area contributed by atoms with Crippen molar-refractivity contribution < 1.29 is 28.6 Å². The monoisotopic (exact) mass is 1030 g/mol. The Hall–Kier alpha value is -3.93. The van der Waals surface area contributed by atoms with Crippen LogP contribution in [0.1, 0.15) is 284 Å². The lowest BCUT2D eigenvalue weighted by atomic mass is 10.0. The fraction of sp³-hybridized carbons (Fsp3) is 0.691. The summed E-state index contributed by atoms with van der Waals surface area (Å²) >= 11 is 0. The maximum absolute atomic E-state index is 12.8. The quantitative estimate of drug-likeness (QED) is 0.0261. The molecule has 1 atom stereocenters. The molecule has 0 amide bonds. The number of hydrogen-bond donors (Lipinski definition) is 0. The highest BCUT2D eigenvalue weighted by atomic mass is 16.6. The van der Waals surface area contributed by atoms with Crippen molar-refractivity contribution in [2.24, 2.45) is 0 Å². The molecule has 6 nitrogen and oxygen atoms in total. The first-order chi connectivity index (χ1) is 36.5. The van der Waals surface area contributed by atoms with Crippen molar-refractivity contribution in [3.8, 4) is 0 Å². The third-order valence-corrected chi connectivity index (χ3v) is 13.0. The highest BCUT2D eigenvalue weighted by molar-refractivity contribution is 5.71. The van der Waals surface area contributed by atoms with E-state index in [1.807, 2.05) is 0 Å². The van der Waals surface area contributed by atoms with E-state index in [1.165, 1.54) is 122 Å². The highest BCUT2D eigenvalue weighted by Crippen LogP contribution is 2.16. The Balaban J connectivity index is 4.09. The largest absolute Gasteiger partial charge is 0.462 e. The summed E-state index contributed by atoms with van der Waals surface area (Å²) in [7, 11) is 0. The summed E-state index contributed by atoms with van der Waals surface area (Å²) in [5.74, 6) is -0.895. The van der Waals surface area contributed by atoms with Crippen molar-refractivity contribution in [3.05, 3.63) is 109 Å². The van der Waals surface area contributed by atoms with Crippen molar-refractivity contribution in [3.63, 3.8) is 0 Å². The second-order valence-electron chi connectivity index (χ2n) is 20.2. The molecule has 0 heterocycles. The Morgan fingerprint density at radius 2 is 0.527 bits per heavy atom. The van der Waals surface area contributed by atoms with Crippen LogP contribution in [0.15, 0.2) is 109 Å². The Bertz CT molecular complexity index is 1510. The molecule has 0 aliphatic rings. The first-order valence-corrected chi connectivity index (χ1v) is 30.9. The van der Waals surface area contributed by atoms with Crippen LogP contribution in [0, 0.1) is 0 Å². The predicted molar refractivity (Wildman–Crippen MR) is 320 cm³/mol. The normalized spacial score (nSPS) is 12.9. The molecule has 0 radical (unpaired) electrons. The van der Waals surface area contributed by atoms with Gasteiger partial charge in [-0.2, -0.15) is 0 Å². The summed E-state index contributed by atoms with van der Waals surface area (Å²) in [4.78, 5) is 37.9. The molecule has 0 N–H and O–H groups in total. The van der Waals surface area contributed by atoms with Crippen molar-refractivity contribution in [2.75, 3.05) is 13.2 Å². The molecule has 0 aromatic heterocycles. The van der Waals surface area contributed by atoms with Crippen molar-refractivity contribution in [1.29, 1.82) is 0 Å². The van der Waals surface area contributed by atoms with Gasteiger partial charge < -0.3 is 14.2 Å². The lowest BCUT2D eigenvalue weighted by Gasteiger charge is -2.18. The molecule has 74 heavy (non-hydrogen) atoms. The number of unbranched alkanes of at least 4 members (excludes halogenated alkanes) is 26. The van der Waals surface area contributed by atoms with E-state index < -0.39 is 6.10 Å². The van der Waals surface area contributed by atoms with Gasteiger partial charge in [0.15, 0.2) is 6.10 Å². The van der Waals surface area contributed by atoms with Crippen molar-refractivity contribution in [2.45, 2.75) is 290 Å².